The van der Waals surface area contributed by atoms with Crippen LogP contribution in [0.4, 0.5) is 0 Å². The number of hydrogen-bond donors (Lipinski definition) is 2. The molecule has 1 aliphatic heterocycles. The third kappa shape index (κ3) is 3.27. The highest BCUT2D eigenvalue weighted by Crippen LogP contribution is 2.14. The zero-order valence-corrected chi connectivity index (χ0v) is 8.82. The molecule has 0 bridgehead atoms. The van der Waals surface area contributed by atoms with E-state index in [-0.39, 0.29) is 17.9 Å². The Bertz CT molecular complexity index is 188. The highest BCUT2D eigenvalue weighted by molar-refractivity contribution is 5.79. The molecule has 0 radical (unpaired) electrons. The number of aliphatic hydroxyl groups excluding tert-OH is 1. The van der Waals surface area contributed by atoms with Gasteiger partial charge in [0.05, 0.1) is 12.1 Å². The van der Waals surface area contributed by atoms with Gasteiger partial charge in [-0.15, -0.1) is 0 Å². The van der Waals surface area contributed by atoms with Crippen LogP contribution in [0.1, 0.15) is 26.7 Å². The van der Waals surface area contributed by atoms with Crippen molar-refractivity contribution in [3.63, 3.8) is 0 Å². The van der Waals surface area contributed by atoms with Crippen LogP contribution in [0, 0.1) is 5.92 Å². The largest absolute Gasteiger partial charge is 0.391 e. The molecule has 2 N–H and O–H groups in total. The van der Waals surface area contributed by atoms with E-state index in [4.69, 9.17) is 4.74 Å². The van der Waals surface area contributed by atoms with E-state index in [0.717, 1.165) is 12.8 Å². The molecule has 14 heavy (non-hydrogen) atoms. The minimum Gasteiger partial charge on any atom is -0.391 e. The van der Waals surface area contributed by atoms with Gasteiger partial charge in [0.2, 0.25) is 5.91 Å². The second-order valence-corrected chi connectivity index (χ2v) is 3.92. The van der Waals surface area contributed by atoms with Crippen LogP contribution in [-0.4, -0.2) is 36.4 Å². The van der Waals surface area contributed by atoms with Crippen LogP contribution >= 0.6 is 0 Å². The summed E-state index contributed by atoms with van der Waals surface area (Å²) in [6.45, 7) is 4.82. The fraction of sp³-hybridized carbons (Fsp3) is 0.900. The van der Waals surface area contributed by atoms with Gasteiger partial charge in [0.25, 0.3) is 0 Å². The van der Waals surface area contributed by atoms with Crippen LogP contribution in [0.15, 0.2) is 0 Å². The minimum absolute atomic E-state index is 0.0432. The van der Waals surface area contributed by atoms with Crippen molar-refractivity contribution in [1.82, 2.24) is 5.32 Å². The Morgan fingerprint density at radius 2 is 2.00 bits per heavy atom. The van der Waals surface area contributed by atoms with Gasteiger partial charge in [0.15, 0.2) is 0 Å². The first-order valence-corrected chi connectivity index (χ1v) is 5.17. The maximum atomic E-state index is 11.6. The van der Waals surface area contributed by atoms with Crippen LogP contribution in [0.5, 0.6) is 0 Å². The Morgan fingerprint density at radius 3 is 2.50 bits per heavy atom. The van der Waals surface area contributed by atoms with Crippen LogP contribution in [-0.2, 0) is 9.53 Å². The van der Waals surface area contributed by atoms with Crippen molar-refractivity contribution in [1.29, 1.82) is 0 Å². The zero-order valence-electron chi connectivity index (χ0n) is 8.82. The number of carbonyl (C=O) groups excluding carboxylic acids is 1. The van der Waals surface area contributed by atoms with Gasteiger partial charge >= 0.3 is 0 Å². The third-order valence-corrected chi connectivity index (χ3v) is 2.69. The molecular weight excluding hydrogens is 182 g/mol. The zero-order chi connectivity index (χ0) is 10.6. The number of hydrogen-bond acceptors (Lipinski definition) is 3. The molecule has 1 amide bonds. The average molecular weight is 201 g/mol. The predicted molar refractivity (Wildman–Crippen MR) is 52.8 cm³/mol. The Balaban J connectivity index is 2.33. The fourth-order valence-electron chi connectivity index (χ4n) is 1.42. The topological polar surface area (TPSA) is 58.6 Å². The molecule has 0 aromatic rings. The number of rotatable bonds is 3. The van der Waals surface area contributed by atoms with Crippen molar-refractivity contribution < 1.29 is 14.6 Å². The minimum atomic E-state index is -0.501. The van der Waals surface area contributed by atoms with E-state index in [2.05, 4.69) is 5.32 Å². The van der Waals surface area contributed by atoms with Crippen molar-refractivity contribution in [2.45, 2.75) is 38.8 Å². The lowest BCUT2D eigenvalue weighted by molar-refractivity contribution is -0.129. The first-order valence-electron chi connectivity index (χ1n) is 5.17. The number of aliphatic hydroxyl groups is 1. The van der Waals surface area contributed by atoms with Gasteiger partial charge in [-0.3, -0.25) is 4.79 Å². The van der Waals surface area contributed by atoms with Crippen LogP contribution in [0.2, 0.25) is 0 Å². The predicted octanol–water partition coefficient (Wildman–Crippen LogP) is 0.298. The average Bonchev–Trinajstić information content (AvgIpc) is 2.19. The third-order valence-electron chi connectivity index (χ3n) is 2.69. The number of carbonyl (C=O) groups is 1. The van der Waals surface area contributed by atoms with Crippen molar-refractivity contribution in [2.24, 2.45) is 5.92 Å². The lowest BCUT2D eigenvalue weighted by Gasteiger charge is -2.24. The molecule has 1 fully saturated rings. The highest BCUT2D eigenvalue weighted by Gasteiger charge is 2.23. The molecule has 1 saturated heterocycles. The smallest absolute Gasteiger partial charge is 0.223 e. The molecule has 4 heteroatoms. The lowest BCUT2D eigenvalue weighted by atomic mass is 9.99. The van der Waals surface area contributed by atoms with Gasteiger partial charge in [0, 0.05) is 19.1 Å². The first-order chi connectivity index (χ1) is 6.61. The van der Waals surface area contributed by atoms with Crippen molar-refractivity contribution in [3.8, 4) is 0 Å². The van der Waals surface area contributed by atoms with Crippen LogP contribution < -0.4 is 5.32 Å². The van der Waals surface area contributed by atoms with Gasteiger partial charge in [-0.25, -0.2) is 0 Å². The first kappa shape index (κ1) is 11.5. The fourth-order valence-corrected chi connectivity index (χ4v) is 1.42. The molecule has 2 atom stereocenters. The van der Waals surface area contributed by atoms with E-state index in [9.17, 15) is 9.90 Å². The standard InChI is InChI=1S/C10H19NO3/c1-7(8(2)12)11-10(13)9-3-5-14-6-4-9/h7-9,12H,3-6H2,1-2H3,(H,11,13). The van der Waals surface area contributed by atoms with E-state index >= 15 is 0 Å². The van der Waals surface area contributed by atoms with Crippen molar-refractivity contribution in [2.75, 3.05) is 13.2 Å². The SMILES string of the molecule is CC(O)C(C)NC(=O)C1CCOCC1. The summed E-state index contributed by atoms with van der Waals surface area (Å²) in [4.78, 5) is 11.6. The van der Waals surface area contributed by atoms with E-state index < -0.39 is 6.10 Å². The van der Waals surface area contributed by atoms with E-state index in [1.165, 1.54) is 0 Å². The quantitative estimate of drug-likeness (QED) is 0.690. The summed E-state index contributed by atoms with van der Waals surface area (Å²) in [6.07, 6.45) is 1.08. The van der Waals surface area contributed by atoms with Gasteiger partial charge in [-0.2, -0.15) is 0 Å². The summed E-state index contributed by atoms with van der Waals surface area (Å²) >= 11 is 0. The van der Waals surface area contributed by atoms with Gasteiger partial charge < -0.3 is 15.2 Å². The van der Waals surface area contributed by atoms with Crippen LogP contribution in [0.25, 0.3) is 0 Å². The Hall–Kier alpha value is -0.610. The summed E-state index contributed by atoms with van der Waals surface area (Å²) in [6, 6.07) is -0.176. The molecule has 0 spiro atoms. The normalized spacial score (nSPS) is 22.8. The monoisotopic (exact) mass is 201 g/mol. The highest BCUT2D eigenvalue weighted by atomic mass is 16.5. The van der Waals surface area contributed by atoms with Gasteiger partial charge in [0.1, 0.15) is 0 Å². The molecule has 0 aromatic carbocycles. The molecule has 4 nitrogen and oxygen atoms in total. The molecule has 0 saturated carbocycles. The molecule has 0 aliphatic carbocycles. The summed E-state index contributed by atoms with van der Waals surface area (Å²) in [5.74, 6) is 0.103. The molecule has 2 unspecified atom stereocenters. The molecule has 1 heterocycles. The van der Waals surface area contributed by atoms with Gasteiger partial charge in [-0.1, -0.05) is 0 Å². The molecule has 1 aliphatic rings. The lowest BCUT2D eigenvalue weighted by Crippen LogP contribution is -2.43. The maximum Gasteiger partial charge on any atom is 0.223 e. The molecule has 0 aromatic heterocycles. The summed E-state index contributed by atoms with van der Waals surface area (Å²) in [5.41, 5.74) is 0. The summed E-state index contributed by atoms with van der Waals surface area (Å²) in [7, 11) is 0. The second-order valence-electron chi connectivity index (χ2n) is 3.92. The maximum absolute atomic E-state index is 11.6. The number of nitrogens with one attached hydrogen (secondary N) is 1. The Labute approximate surface area is 84.6 Å². The van der Waals surface area contributed by atoms with Crippen molar-refractivity contribution >= 4 is 5.91 Å². The molecule has 82 valence electrons. The van der Waals surface area contributed by atoms with Crippen LogP contribution in [0.3, 0.4) is 0 Å². The summed E-state index contributed by atoms with van der Waals surface area (Å²) in [5, 5.41) is 12.0. The Morgan fingerprint density at radius 1 is 1.43 bits per heavy atom. The summed E-state index contributed by atoms with van der Waals surface area (Å²) < 4.78 is 5.17. The molecular formula is C10H19NO3. The van der Waals surface area contributed by atoms with Crippen molar-refractivity contribution in [3.05, 3.63) is 0 Å². The Kier molecular flexibility index (Phi) is 4.35. The number of ether oxygens (including phenoxy) is 1. The number of amides is 1. The molecule has 1 rings (SSSR count). The van der Waals surface area contributed by atoms with E-state index in [1.54, 1.807) is 6.92 Å². The second kappa shape index (κ2) is 5.32. The van der Waals surface area contributed by atoms with E-state index in [1.807, 2.05) is 6.92 Å². The van der Waals surface area contributed by atoms with E-state index in [0.29, 0.717) is 13.2 Å². The van der Waals surface area contributed by atoms with Gasteiger partial charge in [-0.05, 0) is 26.7 Å².